The number of rotatable bonds is 9. The molecule has 0 saturated carbocycles. The van der Waals surface area contributed by atoms with E-state index in [9.17, 15) is 27.0 Å². The minimum atomic E-state index is -4.66. The number of alkyl halides is 3. The molecule has 8 nitrogen and oxygen atoms in total. The maximum Gasteiger partial charge on any atom is 0.417 e. The summed E-state index contributed by atoms with van der Waals surface area (Å²) in [6, 6.07) is 11.5. The Labute approximate surface area is 223 Å². The molecule has 1 heterocycles. The molecule has 0 radical (unpaired) electrons. The van der Waals surface area contributed by atoms with Crippen molar-refractivity contribution in [2.45, 2.75) is 12.6 Å². The standard InChI is InChI=1S/C25H26ClF3N4O4S/c1-38(2,36)13-3-11-31-23(34)22-15-19(10-12-30-22)37-18-7-4-16(5-8-18)32-24(35)33-17-6-9-21(26)20(14-17)25(27,28)29/h4-10,12,14-15,38H,3,11,13H2,1-2H3,(H,31,34)(H2,32,33,35). The highest BCUT2D eigenvalue weighted by Crippen LogP contribution is 2.36. The molecule has 0 unspecified atom stereocenters. The van der Waals surface area contributed by atoms with Crippen molar-refractivity contribution in [3.63, 3.8) is 0 Å². The maximum atomic E-state index is 13.0. The Balaban J connectivity index is 1.55. The van der Waals surface area contributed by atoms with Crippen LogP contribution in [0.3, 0.4) is 0 Å². The van der Waals surface area contributed by atoms with Gasteiger partial charge in [0.1, 0.15) is 17.2 Å². The topological polar surface area (TPSA) is 109 Å². The summed E-state index contributed by atoms with van der Waals surface area (Å²) in [7, 11) is -2.14. The van der Waals surface area contributed by atoms with E-state index in [4.69, 9.17) is 16.3 Å². The highest BCUT2D eigenvalue weighted by Gasteiger charge is 2.33. The van der Waals surface area contributed by atoms with Gasteiger partial charge in [-0.05, 0) is 67.5 Å². The molecule has 3 rings (SSSR count). The van der Waals surface area contributed by atoms with Crippen molar-refractivity contribution in [1.82, 2.24) is 10.3 Å². The van der Waals surface area contributed by atoms with E-state index in [-0.39, 0.29) is 17.3 Å². The van der Waals surface area contributed by atoms with E-state index < -0.39 is 32.7 Å². The Morgan fingerprint density at radius 3 is 2.29 bits per heavy atom. The van der Waals surface area contributed by atoms with Crippen LogP contribution in [-0.2, 0) is 16.1 Å². The number of pyridine rings is 1. The number of amides is 3. The van der Waals surface area contributed by atoms with Crippen molar-refractivity contribution in [3.8, 4) is 11.5 Å². The van der Waals surface area contributed by atoms with Crippen LogP contribution < -0.4 is 20.7 Å². The number of nitrogens with one attached hydrogen (secondary N) is 3. The van der Waals surface area contributed by atoms with Crippen LogP contribution >= 0.6 is 11.6 Å². The van der Waals surface area contributed by atoms with Crippen molar-refractivity contribution in [2.75, 3.05) is 35.4 Å². The van der Waals surface area contributed by atoms with Gasteiger partial charge in [0, 0.05) is 35.9 Å². The fourth-order valence-electron chi connectivity index (χ4n) is 3.21. The summed E-state index contributed by atoms with van der Waals surface area (Å²) in [6.45, 7) is 0.376. The van der Waals surface area contributed by atoms with E-state index in [1.807, 2.05) is 0 Å². The first-order valence-corrected chi connectivity index (χ1v) is 14.5. The van der Waals surface area contributed by atoms with E-state index >= 15 is 0 Å². The Hall–Kier alpha value is -3.64. The van der Waals surface area contributed by atoms with Crippen molar-refractivity contribution >= 4 is 44.8 Å². The van der Waals surface area contributed by atoms with Crippen molar-refractivity contribution < 1.29 is 31.7 Å². The fourth-order valence-corrected chi connectivity index (χ4v) is 4.35. The minimum absolute atomic E-state index is 0.0765. The van der Waals surface area contributed by atoms with Gasteiger partial charge in [-0.1, -0.05) is 11.6 Å². The summed E-state index contributed by atoms with van der Waals surface area (Å²) in [6.07, 6.45) is 0.770. The molecule has 3 N–H and O–H groups in total. The summed E-state index contributed by atoms with van der Waals surface area (Å²) in [4.78, 5) is 28.6. The van der Waals surface area contributed by atoms with Crippen molar-refractivity contribution in [2.24, 2.45) is 0 Å². The quantitative estimate of drug-likeness (QED) is 0.198. The average Bonchev–Trinajstić information content (AvgIpc) is 2.83. The van der Waals surface area contributed by atoms with Gasteiger partial charge in [-0.25, -0.2) is 4.79 Å². The van der Waals surface area contributed by atoms with Crippen LogP contribution in [0.15, 0.2) is 60.8 Å². The zero-order chi connectivity index (χ0) is 27.9. The van der Waals surface area contributed by atoms with Crippen LogP contribution in [0.4, 0.5) is 29.3 Å². The molecule has 204 valence electrons. The van der Waals surface area contributed by atoms with Crippen LogP contribution in [0.25, 0.3) is 0 Å². The van der Waals surface area contributed by atoms with Crippen LogP contribution in [0.2, 0.25) is 5.02 Å². The van der Waals surface area contributed by atoms with Gasteiger partial charge in [0.25, 0.3) is 5.91 Å². The molecule has 0 aliphatic heterocycles. The predicted molar refractivity (Wildman–Crippen MR) is 143 cm³/mol. The highest BCUT2D eigenvalue weighted by atomic mass is 35.5. The monoisotopic (exact) mass is 570 g/mol. The third-order valence-electron chi connectivity index (χ3n) is 5.00. The number of carbonyl (C=O) groups excluding carboxylic acids is 2. The second-order valence-corrected chi connectivity index (χ2v) is 12.7. The molecule has 0 bridgehead atoms. The van der Waals surface area contributed by atoms with Crippen LogP contribution in [0, 0.1) is 0 Å². The fraction of sp³-hybridized carbons (Fsp3) is 0.240. The number of anilines is 2. The average molecular weight is 571 g/mol. The zero-order valence-corrected chi connectivity index (χ0v) is 22.1. The van der Waals surface area contributed by atoms with Gasteiger partial charge in [-0.2, -0.15) is 13.2 Å². The number of aromatic nitrogens is 1. The Morgan fingerprint density at radius 1 is 0.974 bits per heavy atom. The number of ether oxygens (including phenoxy) is 1. The largest absolute Gasteiger partial charge is 0.457 e. The lowest BCUT2D eigenvalue weighted by molar-refractivity contribution is -0.137. The summed E-state index contributed by atoms with van der Waals surface area (Å²) in [5.74, 6) is 0.920. The molecule has 0 saturated heterocycles. The molecular weight excluding hydrogens is 545 g/mol. The summed E-state index contributed by atoms with van der Waals surface area (Å²) < 4.78 is 56.5. The minimum Gasteiger partial charge on any atom is -0.457 e. The number of carbonyl (C=O) groups is 2. The molecule has 38 heavy (non-hydrogen) atoms. The van der Waals surface area contributed by atoms with E-state index in [0.29, 0.717) is 35.9 Å². The normalized spacial score (nSPS) is 11.9. The molecule has 0 fully saturated rings. The molecule has 0 atom stereocenters. The highest BCUT2D eigenvalue weighted by molar-refractivity contribution is 8.01. The predicted octanol–water partition coefficient (Wildman–Crippen LogP) is 5.59. The second-order valence-electron chi connectivity index (χ2n) is 8.68. The summed E-state index contributed by atoms with van der Waals surface area (Å²) >= 11 is 5.59. The van der Waals surface area contributed by atoms with E-state index in [0.717, 1.165) is 12.1 Å². The molecular formula is C25H26ClF3N4O4S. The van der Waals surface area contributed by atoms with E-state index in [1.54, 1.807) is 30.7 Å². The number of hydrogen-bond donors (Lipinski definition) is 4. The van der Waals surface area contributed by atoms with Gasteiger partial charge >= 0.3 is 12.2 Å². The zero-order valence-electron chi connectivity index (χ0n) is 20.4. The van der Waals surface area contributed by atoms with Gasteiger partial charge in [-0.3, -0.25) is 14.0 Å². The molecule has 0 spiro atoms. The molecule has 1 aromatic heterocycles. The third kappa shape index (κ3) is 9.03. The number of urea groups is 1. The van der Waals surface area contributed by atoms with Gasteiger partial charge in [0.15, 0.2) is 0 Å². The first kappa shape index (κ1) is 28.9. The van der Waals surface area contributed by atoms with Crippen LogP contribution in [-0.4, -0.2) is 45.9 Å². The lowest BCUT2D eigenvalue weighted by Gasteiger charge is -2.13. The lowest BCUT2D eigenvalue weighted by Crippen LogP contribution is -2.27. The molecule has 0 aliphatic carbocycles. The second kappa shape index (κ2) is 12.3. The Kier molecular flexibility index (Phi) is 9.34. The van der Waals surface area contributed by atoms with Crippen molar-refractivity contribution in [1.29, 1.82) is 0 Å². The van der Waals surface area contributed by atoms with Gasteiger partial charge in [-0.15, -0.1) is 9.93 Å². The first-order chi connectivity index (χ1) is 17.8. The number of benzene rings is 2. The van der Waals surface area contributed by atoms with E-state index in [2.05, 4.69) is 20.9 Å². The van der Waals surface area contributed by atoms with Gasteiger partial charge < -0.3 is 20.7 Å². The van der Waals surface area contributed by atoms with Gasteiger partial charge in [0.2, 0.25) is 0 Å². The number of nitrogens with zero attached hydrogens (tertiary/aromatic N) is 1. The lowest BCUT2D eigenvalue weighted by atomic mass is 10.2. The molecule has 2 aromatic carbocycles. The van der Waals surface area contributed by atoms with E-state index in [1.165, 1.54) is 30.5 Å². The third-order valence-corrected chi connectivity index (χ3v) is 6.72. The maximum absolute atomic E-state index is 13.0. The number of halogens is 4. The Morgan fingerprint density at radius 2 is 1.63 bits per heavy atom. The SMILES string of the molecule is C[SH](C)(=O)CCCNC(=O)c1cc(Oc2ccc(NC(=O)Nc3ccc(Cl)c(C(F)(F)F)c3)cc2)ccn1. The van der Waals surface area contributed by atoms with Crippen molar-refractivity contribution in [3.05, 3.63) is 77.1 Å². The smallest absolute Gasteiger partial charge is 0.417 e. The first-order valence-electron chi connectivity index (χ1n) is 11.3. The molecule has 3 aromatic rings. The number of hydrogen-bond acceptors (Lipinski definition) is 5. The molecule has 3 amide bonds. The van der Waals surface area contributed by atoms with Gasteiger partial charge in [0.05, 0.1) is 10.6 Å². The van der Waals surface area contributed by atoms with Crippen LogP contribution in [0.5, 0.6) is 11.5 Å². The summed E-state index contributed by atoms with van der Waals surface area (Å²) in [5.41, 5.74) is -0.616. The Bertz CT molecular complexity index is 1350. The summed E-state index contributed by atoms with van der Waals surface area (Å²) in [5, 5.41) is 7.10. The number of thiol groups is 1. The van der Waals surface area contributed by atoms with Crippen LogP contribution in [0.1, 0.15) is 22.5 Å². The molecule has 0 aliphatic rings. The molecule has 13 heteroatoms.